The molecular formula is C8H6BrNOS. The summed E-state index contributed by atoms with van der Waals surface area (Å²) in [5.41, 5.74) is 0.933. The third-order valence-electron chi connectivity index (χ3n) is 1.58. The molecule has 0 aliphatic rings. The Morgan fingerprint density at radius 2 is 2.25 bits per heavy atom. The van der Waals surface area contributed by atoms with E-state index in [0.717, 1.165) is 19.7 Å². The van der Waals surface area contributed by atoms with Gasteiger partial charge >= 0.3 is 0 Å². The van der Waals surface area contributed by atoms with Gasteiger partial charge in [0.2, 0.25) is 0 Å². The number of aromatic nitrogens is 1. The molecule has 2 aromatic rings. The summed E-state index contributed by atoms with van der Waals surface area (Å²) in [5.74, 6) is 0.270. The predicted octanol–water partition coefficient (Wildman–Crippen LogP) is 3.07. The van der Waals surface area contributed by atoms with Crippen LogP contribution in [0.3, 0.4) is 0 Å². The molecule has 0 atom stereocenters. The Balaban J connectivity index is 2.89. The summed E-state index contributed by atoms with van der Waals surface area (Å²) in [6, 6.07) is 3.46. The van der Waals surface area contributed by atoms with Crippen molar-refractivity contribution >= 4 is 37.5 Å². The van der Waals surface area contributed by atoms with E-state index in [4.69, 9.17) is 0 Å². The molecule has 2 nitrogen and oxygen atoms in total. The van der Waals surface area contributed by atoms with Crippen molar-refractivity contribution in [2.24, 2.45) is 0 Å². The van der Waals surface area contributed by atoms with E-state index in [0.29, 0.717) is 0 Å². The number of thiazole rings is 1. The van der Waals surface area contributed by atoms with E-state index in [1.165, 1.54) is 0 Å². The first-order valence-corrected chi connectivity index (χ1v) is 5.04. The number of aromatic hydroxyl groups is 1. The Bertz CT molecular complexity index is 438. The Hall–Kier alpha value is -0.610. The lowest BCUT2D eigenvalue weighted by molar-refractivity contribution is 0.473. The fourth-order valence-corrected chi connectivity index (χ4v) is 2.49. The summed E-state index contributed by atoms with van der Waals surface area (Å²) < 4.78 is 1.75. The molecule has 0 aliphatic carbocycles. The third-order valence-corrected chi connectivity index (χ3v) is 3.65. The zero-order chi connectivity index (χ0) is 8.72. The van der Waals surface area contributed by atoms with Crippen LogP contribution < -0.4 is 0 Å². The van der Waals surface area contributed by atoms with Crippen LogP contribution in [0.15, 0.2) is 16.6 Å². The van der Waals surface area contributed by atoms with E-state index < -0.39 is 0 Å². The van der Waals surface area contributed by atoms with Gasteiger partial charge in [-0.25, -0.2) is 4.98 Å². The molecule has 0 amide bonds. The van der Waals surface area contributed by atoms with Crippen LogP contribution in [0.4, 0.5) is 0 Å². The van der Waals surface area contributed by atoms with Gasteiger partial charge in [0.1, 0.15) is 5.75 Å². The van der Waals surface area contributed by atoms with E-state index in [-0.39, 0.29) is 5.75 Å². The zero-order valence-corrected chi connectivity index (χ0v) is 8.74. The van der Waals surface area contributed by atoms with Gasteiger partial charge in [0, 0.05) is 0 Å². The molecule has 1 heterocycles. The van der Waals surface area contributed by atoms with Crippen molar-refractivity contribution in [1.29, 1.82) is 0 Å². The number of aryl methyl sites for hydroxylation is 1. The van der Waals surface area contributed by atoms with Crippen molar-refractivity contribution in [1.82, 2.24) is 4.98 Å². The summed E-state index contributed by atoms with van der Waals surface area (Å²) in [4.78, 5) is 4.29. The van der Waals surface area contributed by atoms with Gasteiger partial charge in [-0.15, -0.1) is 11.3 Å². The summed E-state index contributed by atoms with van der Waals surface area (Å²) in [6.45, 7) is 1.95. The molecule has 0 unspecified atom stereocenters. The van der Waals surface area contributed by atoms with Gasteiger partial charge in [0.05, 0.1) is 19.7 Å². The second-order valence-electron chi connectivity index (χ2n) is 2.48. The van der Waals surface area contributed by atoms with Gasteiger partial charge in [0.25, 0.3) is 0 Å². The molecule has 0 saturated carbocycles. The number of fused-ring (bicyclic) bond motifs is 1. The third kappa shape index (κ3) is 1.11. The van der Waals surface area contributed by atoms with Crippen LogP contribution in [0.2, 0.25) is 0 Å². The van der Waals surface area contributed by atoms with Crippen molar-refractivity contribution in [3.63, 3.8) is 0 Å². The summed E-state index contributed by atoms with van der Waals surface area (Å²) in [6.07, 6.45) is 0. The number of hydrogen-bond acceptors (Lipinski definition) is 3. The van der Waals surface area contributed by atoms with Gasteiger partial charge in [-0.2, -0.15) is 0 Å². The SMILES string of the molecule is Cc1nc2ccc(O)c(Br)c2s1. The molecule has 1 aromatic carbocycles. The minimum Gasteiger partial charge on any atom is -0.507 e. The molecule has 0 radical (unpaired) electrons. The molecule has 2 rings (SSSR count). The second-order valence-corrected chi connectivity index (χ2v) is 4.48. The second kappa shape index (κ2) is 2.71. The summed E-state index contributed by atoms with van der Waals surface area (Å²) in [5, 5.41) is 10.4. The minimum atomic E-state index is 0.270. The van der Waals surface area contributed by atoms with Crippen LogP contribution in [-0.4, -0.2) is 10.1 Å². The van der Waals surface area contributed by atoms with Crippen LogP contribution in [0, 0.1) is 6.92 Å². The predicted molar refractivity (Wildman–Crippen MR) is 53.7 cm³/mol. The highest BCUT2D eigenvalue weighted by atomic mass is 79.9. The lowest BCUT2D eigenvalue weighted by Gasteiger charge is -1.94. The quantitative estimate of drug-likeness (QED) is 0.772. The zero-order valence-electron chi connectivity index (χ0n) is 6.34. The first-order chi connectivity index (χ1) is 5.68. The maximum atomic E-state index is 9.36. The van der Waals surface area contributed by atoms with E-state index in [9.17, 15) is 5.11 Å². The number of phenols is 1. The number of phenolic OH excluding ortho intramolecular Hbond substituents is 1. The smallest absolute Gasteiger partial charge is 0.131 e. The molecular weight excluding hydrogens is 238 g/mol. The first kappa shape index (κ1) is 8.01. The standard InChI is InChI=1S/C8H6BrNOS/c1-4-10-5-2-3-6(11)7(9)8(5)12-4/h2-3,11H,1H3. The molecule has 0 aliphatic heterocycles. The van der Waals surface area contributed by atoms with E-state index >= 15 is 0 Å². The maximum absolute atomic E-state index is 9.36. The summed E-state index contributed by atoms with van der Waals surface area (Å²) in [7, 11) is 0. The molecule has 4 heteroatoms. The molecule has 0 spiro atoms. The first-order valence-electron chi connectivity index (χ1n) is 3.43. The highest BCUT2D eigenvalue weighted by Crippen LogP contribution is 2.35. The van der Waals surface area contributed by atoms with Crippen LogP contribution in [-0.2, 0) is 0 Å². The number of benzene rings is 1. The van der Waals surface area contributed by atoms with Gasteiger partial charge in [-0.05, 0) is 35.0 Å². The van der Waals surface area contributed by atoms with Crippen molar-refractivity contribution in [3.8, 4) is 5.75 Å². The van der Waals surface area contributed by atoms with Gasteiger partial charge in [-0.1, -0.05) is 0 Å². The number of hydrogen-bond donors (Lipinski definition) is 1. The Kier molecular flexibility index (Phi) is 1.81. The largest absolute Gasteiger partial charge is 0.507 e. The normalized spacial score (nSPS) is 10.8. The monoisotopic (exact) mass is 243 g/mol. The van der Waals surface area contributed by atoms with Crippen molar-refractivity contribution < 1.29 is 5.11 Å². The van der Waals surface area contributed by atoms with E-state index in [1.807, 2.05) is 13.0 Å². The molecule has 1 aromatic heterocycles. The molecule has 0 bridgehead atoms. The Labute approximate surface area is 82.0 Å². The molecule has 0 saturated heterocycles. The van der Waals surface area contributed by atoms with Gasteiger partial charge in [0.15, 0.2) is 0 Å². The van der Waals surface area contributed by atoms with Crippen LogP contribution in [0.25, 0.3) is 10.2 Å². The molecule has 62 valence electrons. The Morgan fingerprint density at radius 1 is 1.50 bits per heavy atom. The van der Waals surface area contributed by atoms with Crippen LogP contribution in [0.1, 0.15) is 5.01 Å². The van der Waals surface area contributed by atoms with Crippen molar-refractivity contribution in [2.45, 2.75) is 6.92 Å². The van der Waals surface area contributed by atoms with E-state index in [2.05, 4.69) is 20.9 Å². The average molecular weight is 244 g/mol. The summed E-state index contributed by atoms with van der Waals surface area (Å²) >= 11 is 4.89. The highest BCUT2D eigenvalue weighted by Gasteiger charge is 2.07. The molecule has 1 N–H and O–H groups in total. The van der Waals surface area contributed by atoms with Gasteiger partial charge in [-0.3, -0.25) is 0 Å². The molecule has 12 heavy (non-hydrogen) atoms. The highest BCUT2D eigenvalue weighted by molar-refractivity contribution is 9.10. The average Bonchev–Trinajstić information content (AvgIpc) is 2.39. The van der Waals surface area contributed by atoms with Gasteiger partial charge < -0.3 is 5.11 Å². The fourth-order valence-electron chi connectivity index (χ4n) is 1.06. The van der Waals surface area contributed by atoms with Crippen LogP contribution >= 0.6 is 27.3 Å². The van der Waals surface area contributed by atoms with Crippen molar-refractivity contribution in [2.75, 3.05) is 0 Å². The van der Waals surface area contributed by atoms with Crippen molar-refractivity contribution in [3.05, 3.63) is 21.6 Å². The van der Waals surface area contributed by atoms with E-state index in [1.54, 1.807) is 17.4 Å². The lowest BCUT2D eigenvalue weighted by Crippen LogP contribution is -1.70. The Morgan fingerprint density at radius 3 is 3.00 bits per heavy atom. The minimum absolute atomic E-state index is 0.270. The number of nitrogens with zero attached hydrogens (tertiary/aromatic N) is 1. The fraction of sp³-hybridized carbons (Fsp3) is 0.125. The maximum Gasteiger partial charge on any atom is 0.131 e. The van der Waals surface area contributed by atoms with Crippen LogP contribution in [0.5, 0.6) is 5.75 Å². The topological polar surface area (TPSA) is 33.1 Å². The lowest BCUT2D eigenvalue weighted by atomic mass is 10.3. The molecule has 0 fully saturated rings. The number of rotatable bonds is 0. The number of halogens is 1.